The summed E-state index contributed by atoms with van der Waals surface area (Å²) in [5, 5.41) is 10.2. The smallest absolute Gasteiger partial charge is 0.332 e. The van der Waals surface area contributed by atoms with Crippen molar-refractivity contribution < 1.29 is 24.2 Å². The Morgan fingerprint density at radius 2 is 1.74 bits per heavy atom. The SMILES string of the molecule is CC[C@H](OCc1ccc(/C=C/Cn2c(C)c(C(=O)c3ccc(OC)cc3)c3ccc(C)cc32)cc1C)C(=O)O. The molecule has 202 valence electrons. The number of aromatic nitrogens is 1. The molecule has 4 rings (SSSR count). The molecule has 39 heavy (non-hydrogen) atoms. The van der Waals surface area contributed by atoms with Crippen molar-refractivity contribution in [3.8, 4) is 5.75 Å². The van der Waals surface area contributed by atoms with E-state index in [-0.39, 0.29) is 12.4 Å². The molecule has 0 aliphatic rings. The summed E-state index contributed by atoms with van der Waals surface area (Å²) in [6.45, 7) is 8.73. The molecule has 6 heteroatoms. The third-order valence-corrected chi connectivity index (χ3v) is 7.11. The molecule has 0 saturated carbocycles. The average Bonchev–Trinajstić information content (AvgIpc) is 3.19. The van der Waals surface area contributed by atoms with E-state index in [4.69, 9.17) is 9.47 Å². The van der Waals surface area contributed by atoms with Crippen molar-refractivity contribution in [2.75, 3.05) is 7.11 Å². The Morgan fingerprint density at radius 3 is 2.38 bits per heavy atom. The van der Waals surface area contributed by atoms with Crippen molar-refractivity contribution in [1.29, 1.82) is 0 Å². The highest BCUT2D eigenvalue weighted by molar-refractivity contribution is 6.17. The number of carboxylic acid groups (broad SMARTS) is 1. The van der Waals surface area contributed by atoms with Gasteiger partial charge in [0.15, 0.2) is 11.9 Å². The first-order chi connectivity index (χ1) is 18.7. The molecule has 3 aromatic carbocycles. The molecule has 4 aromatic rings. The Bertz CT molecular complexity index is 1530. The van der Waals surface area contributed by atoms with Crippen LogP contribution in [0.2, 0.25) is 0 Å². The lowest BCUT2D eigenvalue weighted by molar-refractivity contribution is -0.151. The zero-order valence-corrected chi connectivity index (χ0v) is 23.2. The van der Waals surface area contributed by atoms with Crippen molar-refractivity contribution in [3.05, 3.63) is 106 Å². The second-order valence-electron chi connectivity index (χ2n) is 9.78. The van der Waals surface area contributed by atoms with Gasteiger partial charge < -0.3 is 19.1 Å². The Kier molecular flexibility index (Phi) is 8.67. The minimum Gasteiger partial charge on any atom is -0.497 e. The first-order valence-corrected chi connectivity index (χ1v) is 13.1. The van der Waals surface area contributed by atoms with Crippen LogP contribution in [0.1, 0.15) is 57.2 Å². The summed E-state index contributed by atoms with van der Waals surface area (Å²) in [5.74, 6) is -0.229. The molecule has 1 atom stereocenters. The molecule has 1 aromatic heterocycles. The third kappa shape index (κ3) is 6.13. The van der Waals surface area contributed by atoms with Crippen LogP contribution in [0.15, 0.2) is 66.7 Å². The number of methoxy groups -OCH3 is 1. The topological polar surface area (TPSA) is 77.8 Å². The fraction of sp³-hybridized carbons (Fsp3) is 0.273. The number of benzene rings is 3. The van der Waals surface area contributed by atoms with Gasteiger partial charge in [0.2, 0.25) is 0 Å². The largest absolute Gasteiger partial charge is 0.497 e. The van der Waals surface area contributed by atoms with E-state index in [1.807, 2.05) is 50.2 Å². The van der Waals surface area contributed by atoms with Crippen molar-refractivity contribution in [1.82, 2.24) is 4.57 Å². The number of nitrogens with zero attached hydrogens (tertiary/aromatic N) is 1. The fourth-order valence-corrected chi connectivity index (χ4v) is 4.83. The van der Waals surface area contributed by atoms with Gasteiger partial charge in [-0.2, -0.15) is 0 Å². The van der Waals surface area contributed by atoms with Crippen molar-refractivity contribution >= 4 is 28.7 Å². The van der Waals surface area contributed by atoms with Gasteiger partial charge in [0.05, 0.1) is 19.3 Å². The average molecular weight is 526 g/mol. The predicted molar refractivity (Wildman–Crippen MR) is 155 cm³/mol. The van der Waals surface area contributed by atoms with Gasteiger partial charge in [-0.1, -0.05) is 49.4 Å². The van der Waals surface area contributed by atoms with E-state index >= 15 is 0 Å². The van der Waals surface area contributed by atoms with E-state index < -0.39 is 12.1 Å². The van der Waals surface area contributed by atoms with Crippen LogP contribution < -0.4 is 4.74 Å². The summed E-state index contributed by atoms with van der Waals surface area (Å²) in [4.78, 5) is 24.8. The second kappa shape index (κ2) is 12.1. The number of aryl methyl sites for hydroxylation is 2. The van der Waals surface area contributed by atoms with Crippen molar-refractivity contribution in [2.45, 2.75) is 53.4 Å². The van der Waals surface area contributed by atoms with Gasteiger partial charge in [-0.05, 0) is 79.8 Å². The molecule has 1 heterocycles. The molecular weight excluding hydrogens is 490 g/mol. The van der Waals surface area contributed by atoms with E-state index in [9.17, 15) is 14.7 Å². The Balaban J connectivity index is 1.57. The molecule has 0 saturated heterocycles. The number of hydrogen-bond donors (Lipinski definition) is 1. The highest BCUT2D eigenvalue weighted by Crippen LogP contribution is 2.30. The van der Waals surface area contributed by atoms with E-state index in [1.165, 1.54) is 0 Å². The number of rotatable bonds is 11. The van der Waals surface area contributed by atoms with Crippen LogP contribution in [-0.2, 0) is 22.7 Å². The summed E-state index contributed by atoms with van der Waals surface area (Å²) in [5.41, 5.74) is 7.49. The predicted octanol–water partition coefficient (Wildman–Crippen LogP) is 6.90. The highest BCUT2D eigenvalue weighted by Gasteiger charge is 2.21. The minimum absolute atomic E-state index is 0.00613. The van der Waals surface area contributed by atoms with E-state index in [1.54, 1.807) is 26.2 Å². The van der Waals surface area contributed by atoms with Gasteiger partial charge in [-0.25, -0.2) is 4.79 Å². The summed E-state index contributed by atoms with van der Waals surface area (Å²) >= 11 is 0. The fourth-order valence-electron chi connectivity index (χ4n) is 4.83. The Morgan fingerprint density at radius 1 is 1.00 bits per heavy atom. The minimum atomic E-state index is -0.938. The number of allylic oxidation sites excluding steroid dienone is 1. The third-order valence-electron chi connectivity index (χ3n) is 7.11. The van der Waals surface area contributed by atoms with Crippen LogP contribution >= 0.6 is 0 Å². The van der Waals surface area contributed by atoms with Gasteiger partial charge in [0.25, 0.3) is 0 Å². The molecule has 0 unspecified atom stereocenters. The maximum absolute atomic E-state index is 13.6. The lowest BCUT2D eigenvalue weighted by Gasteiger charge is -2.13. The Labute approximate surface area is 229 Å². The number of carbonyl (C=O) groups excluding carboxylic acids is 1. The maximum atomic E-state index is 13.6. The first kappa shape index (κ1) is 27.9. The zero-order chi connectivity index (χ0) is 28.1. The molecule has 0 aliphatic carbocycles. The van der Waals surface area contributed by atoms with Gasteiger partial charge in [0, 0.05) is 28.7 Å². The lowest BCUT2D eigenvalue weighted by atomic mass is 10.00. The molecule has 0 bridgehead atoms. The molecule has 0 aliphatic heterocycles. The summed E-state index contributed by atoms with van der Waals surface area (Å²) < 4.78 is 13.0. The molecule has 0 spiro atoms. The van der Waals surface area contributed by atoms with Crippen LogP contribution in [0.4, 0.5) is 0 Å². The maximum Gasteiger partial charge on any atom is 0.332 e. The zero-order valence-electron chi connectivity index (χ0n) is 23.2. The number of hydrogen-bond acceptors (Lipinski definition) is 4. The van der Waals surface area contributed by atoms with E-state index in [0.29, 0.717) is 24.3 Å². The Hall–Kier alpha value is -4.16. The summed E-state index contributed by atoms with van der Waals surface area (Å²) in [6.07, 6.45) is 3.79. The summed E-state index contributed by atoms with van der Waals surface area (Å²) in [7, 11) is 1.61. The number of carbonyl (C=O) groups is 2. The van der Waals surface area contributed by atoms with Crippen LogP contribution in [0.5, 0.6) is 5.75 Å². The lowest BCUT2D eigenvalue weighted by Crippen LogP contribution is -2.22. The molecule has 6 nitrogen and oxygen atoms in total. The van der Waals surface area contributed by atoms with E-state index in [2.05, 4.69) is 35.8 Å². The van der Waals surface area contributed by atoms with Gasteiger partial charge in [-0.15, -0.1) is 0 Å². The molecule has 0 radical (unpaired) electrons. The molecule has 0 amide bonds. The van der Waals surface area contributed by atoms with Crippen LogP contribution in [-0.4, -0.2) is 34.6 Å². The molecule has 1 N–H and O–H groups in total. The van der Waals surface area contributed by atoms with Gasteiger partial charge in [-0.3, -0.25) is 4.79 Å². The number of carboxylic acids is 1. The van der Waals surface area contributed by atoms with Gasteiger partial charge >= 0.3 is 5.97 Å². The molecule has 0 fully saturated rings. The number of fused-ring (bicyclic) bond motifs is 1. The normalized spacial score (nSPS) is 12.2. The number of aliphatic carboxylic acids is 1. The quantitative estimate of drug-likeness (QED) is 0.216. The number of ether oxygens (including phenoxy) is 2. The van der Waals surface area contributed by atoms with E-state index in [0.717, 1.165) is 44.4 Å². The monoisotopic (exact) mass is 525 g/mol. The van der Waals surface area contributed by atoms with Crippen LogP contribution in [0, 0.1) is 20.8 Å². The van der Waals surface area contributed by atoms with Crippen molar-refractivity contribution in [2.24, 2.45) is 0 Å². The van der Waals surface area contributed by atoms with Crippen LogP contribution in [0.25, 0.3) is 17.0 Å². The van der Waals surface area contributed by atoms with Gasteiger partial charge in [0.1, 0.15) is 5.75 Å². The highest BCUT2D eigenvalue weighted by atomic mass is 16.5. The number of ketones is 1. The standard InChI is InChI=1S/C33H35NO5/c1-6-30(33(36)37)39-20-26-11-10-24(19-22(26)3)8-7-17-34-23(4)31(28-16-9-21(2)18-29(28)34)32(35)25-12-14-27(38-5)15-13-25/h7-16,18-19,30H,6,17,20H2,1-5H3,(H,36,37)/b8-7+/t30-/m0/s1. The summed E-state index contributed by atoms with van der Waals surface area (Å²) in [6, 6.07) is 19.5. The molecular formula is C33H35NO5. The van der Waals surface area contributed by atoms with Crippen molar-refractivity contribution in [3.63, 3.8) is 0 Å². The second-order valence-corrected chi connectivity index (χ2v) is 9.78. The van der Waals surface area contributed by atoms with Crippen LogP contribution in [0.3, 0.4) is 0 Å². The first-order valence-electron chi connectivity index (χ1n) is 13.1.